The number of nitrogens with one attached hydrogen (secondary N) is 1. The summed E-state index contributed by atoms with van der Waals surface area (Å²) in [5.74, 6) is -0.847. The van der Waals surface area contributed by atoms with Gasteiger partial charge in [-0.3, -0.25) is 4.79 Å². The van der Waals surface area contributed by atoms with Crippen molar-refractivity contribution in [2.75, 3.05) is 20.1 Å². The summed E-state index contributed by atoms with van der Waals surface area (Å²) in [5.41, 5.74) is 0. The van der Waals surface area contributed by atoms with Gasteiger partial charge in [0.2, 0.25) is 0 Å². The van der Waals surface area contributed by atoms with Crippen LogP contribution >= 0.6 is 0 Å². The Labute approximate surface area is 110 Å². The second-order valence-corrected chi connectivity index (χ2v) is 6.43. The highest BCUT2D eigenvalue weighted by Gasteiger charge is 2.17. The lowest BCUT2D eigenvalue weighted by molar-refractivity contribution is -0.137. The smallest absolute Gasteiger partial charge is 0.303 e. The van der Waals surface area contributed by atoms with Crippen molar-refractivity contribution in [3.63, 3.8) is 0 Å². The summed E-state index contributed by atoms with van der Waals surface area (Å²) in [7, 11) is -1.89. The van der Waals surface area contributed by atoms with E-state index in [2.05, 4.69) is 4.72 Å². The van der Waals surface area contributed by atoms with Gasteiger partial charge in [0.25, 0.3) is 10.2 Å². The summed E-state index contributed by atoms with van der Waals surface area (Å²) in [6.07, 6.45) is 2.30. The van der Waals surface area contributed by atoms with Gasteiger partial charge in [0.05, 0.1) is 0 Å². The molecule has 0 saturated carbocycles. The van der Waals surface area contributed by atoms with Crippen molar-refractivity contribution in [3.05, 3.63) is 0 Å². The van der Waals surface area contributed by atoms with Crippen molar-refractivity contribution in [2.45, 2.75) is 39.5 Å². The molecule has 0 aromatic heterocycles. The van der Waals surface area contributed by atoms with Crippen LogP contribution in [0.1, 0.15) is 39.5 Å². The predicted octanol–water partition coefficient (Wildman–Crippen LogP) is 1.05. The molecule has 0 spiro atoms. The molecule has 0 bridgehead atoms. The Morgan fingerprint density at radius 3 is 2.56 bits per heavy atom. The maximum Gasteiger partial charge on any atom is 0.303 e. The van der Waals surface area contributed by atoms with E-state index in [1.165, 1.54) is 4.31 Å². The fourth-order valence-electron chi connectivity index (χ4n) is 1.33. The third-order valence-corrected chi connectivity index (χ3v) is 4.24. The first-order chi connectivity index (χ1) is 8.29. The largest absolute Gasteiger partial charge is 0.481 e. The molecule has 0 fully saturated rings. The van der Waals surface area contributed by atoms with Crippen LogP contribution in [0.3, 0.4) is 0 Å². The van der Waals surface area contributed by atoms with Crippen molar-refractivity contribution in [2.24, 2.45) is 5.92 Å². The third kappa shape index (κ3) is 7.62. The highest BCUT2D eigenvalue weighted by Crippen LogP contribution is 2.05. The van der Waals surface area contributed by atoms with Gasteiger partial charge in [-0.25, -0.2) is 4.72 Å². The fraction of sp³-hybridized carbons (Fsp3) is 0.909. The average molecular weight is 280 g/mol. The molecule has 0 rings (SSSR count). The lowest BCUT2D eigenvalue weighted by Crippen LogP contribution is -2.40. The first-order valence-electron chi connectivity index (χ1n) is 6.22. The summed E-state index contributed by atoms with van der Waals surface area (Å²) >= 11 is 0. The Bertz CT molecular complexity index is 343. The first kappa shape index (κ1) is 17.3. The average Bonchev–Trinajstić information content (AvgIpc) is 2.30. The van der Waals surface area contributed by atoms with E-state index in [9.17, 15) is 13.2 Å². The minimum atomic E-state index is -3.43. The number of carboxylic acid groups (broad SMARTS) is 1. The van der Waals surface area contributed by atoms with Gasteiger partial charge in [-0.2, -0.15) is 12.7 Å². The fourth-order valence-corrected chi connectivity index (χ4v) is 2.42. The molecule has 0 amide bonds. The highest BCUT2D eigenvalue weighted by molar-refractivity contribution is 7.87. The molecule has 0 aliphatic heterocycles. The van der Waals surface area contributed by atoms with E-state index in [1.807, 2.05) is 13.8 Å². The summed E-state index contributed by atoms with van der Waals surface area (Å²) in [6.45, 7) is 4.60. The van der Waals surface area contributed by atoms with E-state index >= 15 is 0 Å². The Morgan fingerprint density at radius 2 is 2.06 bits per heavy atom. The number of hydrogen-bond acceptors (Lipinski definition) is 3. The quantitative estimate of drug-likeness (QED) is 0.626. The molecule has 1 unspecified atom stereocenters. The topological polar surface area (TPSA) is 86.7 Å². The maximum absolute atomic E-state index is 11.8. The zero-order valence-electron chi connectivity index (χ0n) is 11.3. The van der Waals surface area contributed by atoms with E-state index in [0.717, 1.165) is 12.8 Å². The molecule has 7 heteroatoms. The Balaban J connectivity index is 4.05. The molecule has 0 saturated heterocycles. The van der Waals surface area contributed by atoms with Crippen LogP contribution in [0.5, 0.6) is 0 Å². The lowest BCUT2D eigenvalue weighted by atomic mass is 10.1. The number of carboxylic acids is 1. The lowest BCUT2D eigenvalue weighted by Gasteiger charge is -2.19. The van der Waals surface area contributed by atoms with E-state index < -0.39 is 16.2 Å². The van der Waals surface area contributed by atoms with Crippen LogP contribution in [-0.4, -0.2) is 43.9 Å². The second-order valence-electron chi connectivity index (χ2n) is 4.57. The molecular weight excluding hydrogens is 256 g/mol. The molecule has 0 aromatic rings. The zero-order valence-corrected chi connectivity index (χ0v) is 12.2. The van der Waals surface area contributed by atoms with E-state index in [4.69, 9.17) is 5.11 Å². The standard InChI is InChI=1S/C11H24N2O4S/c1-4-5-8-13(3)18(16,17)12-9-10(2)6-7-11(14)15/h10,12H,4-9H2,1-3H3,(H,14,15). The van der Waals surface area contributed by atoms with Crippen molar-refractivity contribution < 1.29 is 18.3 Å². The van der Waals surface area contributed by atoms with Gasteiger partial charge in [-0.1, -0.05) is 20.3 Å². The molecule has 0 aliphatic rings. The monoisotopic (exact) mass is 280 g/mol. The minimum Gasteiger partial charge on any atom is -0.481 e. The minimum absolute atomic E-state index is 0.00968. The summed E-state index contributed by atoms with van der Waals surface area (Å²) in [4.78, 5) is 10.4. The molecule has 2 N–H and O–H groups in total. The molecule has 18 heavy (non-hydrogen) atoms. The Morgan fingerprint density at radius 1 is 1.44 bits per heavy atom. The third-order valence-electron chi connectivity index (χ3n) is 2.70. The highest BCUT2D eigenvalue weighted by atomic mass is 32.2. The number of unbranched alkanes of at least 4 members (excludes halogenated alkanes) is 1. The van der Waals surface area contributed by atoms with Gasteiger partial charge < -0.3 is 5.11 Å². The van der Waals surface area contributed by atoms with Crippen LogP contribution < -0.4 is 4.72 Å². The molecule has 0 radical (unpaired) electrons. The number of nitrogens with zero attached hydrogens (tertiary/aromatic N) is 1. The molecule has 1 atom stereocenters. The number of carbonyl (C=O) groups is 1. The SMILES string of the molecule is CCCCN(C)S(=O)(=O)NCC(C)CCC(=O)O. The second kappa shape index (κ2) is 8.44. The van der Waals surface area contributed by atoms with Crippen molar-refractivity contribution in [3.8, 4) is 0 Å². The molecule has 108 valence electrons. The van der Waals surface area contributed by atoms with Crippen LogP contribution in [0.15, 0.2) is 0 Å². The molecule has 0 aliphatic carbocycles. The van der Waals surface area contributed by atoms with Gasteiger partial charge in [0.1, 0.15) is 0 Å². The van der Waals surface area contributed by atoms with Gasteiger partial charge in [0.15, 0.2) is 0 Å². The molecule has 6 nitrogen and oxygen atoms in total. The Hall–Kier alpha value is -0.660. The van der Waals surface area contributed by atoms with Crippen molar-refractivity contribution >= 4 is 16.2 Å². The number of aliphatic carboxylic acids is 1. The first-order valence-corrected chi connectivity index (χ1v) is 7.66. The van der Waals surface area contributed by atoms with Gasteiger partial charge in [0, 0.05) is 26.6 Å². The normalized spacial score (nSPS) is 13.8. The van der Waals surface area contributed by atoms with Crippen LogP contribution in [0, 0.1) is 5.92 Å². The summed E-state index contributed by atoms with van der Waals surface area (Å²) in [5, 5.41) is 8.53. The molecule has 0 aromatic carbocycles. The Kier molecular flexibility index (Phi) is 8.13. The van der Waals surface area contributed by atoms with Crippen molar-refractivity contribution in [1.29, 1.82) is 0 Å². The zero-order chi connectivity index (χ0) is 14.2. The van der Waals surface area contributed by atoms with Gasteiger partial charge >= 0.3 is 5.97 Å². The predicted molar refractivity (Wildman–Crippen MR) is 70.5 cm³/mol. The van der Waals surface area contributed by atoms with E-state index in [0.29, 0.717) is 13.0 Å². The molecule has 0 heterocycles. The number of hydrogen-bond donors (Lipinski definition) is 2. The van der Waals surface area contributed by atoms with Crippen LogP contribution in [0.4, 0.5) is 0 Å². The van der Waals surface area contributed by atoms with Crippen LogP contribution in [0.25, 0.3) is 0 Å². The van der Waals surface area contributed by atoms with Crippen LogP contribution in [0.2, 0.25) is 0 Å². The van der Waals surface area contributed by atoms with Crippen molar-refractivity contribution in [1.82, 2.24) is 9.03 Å². The van der Waals surface area contributed by atoms with Gasteiger partial charge in [-0.05, 0) is 18.8 Å². The summed E-state index contributed by atoms with van der Waals surface area (Å²) in [6, 6.07) is 0. The number of rotatable bonds is 10. The van der Waals surface area contributed by atoms with Gasteiger partial charge in [-0.15, -0.1) is 0 Å². The maximum atomic E-state index is 11.8. The summed E-state index contributed by atoms with van der Waals surface area (Å²) < 4.78 is 27.3. The van der Waals surface area contributed by atoms with E-state index in [1.54, 1.807) is 7.05 Å². The van der Waals surface area contributed by atoms with Crippen LogP contribution in [-0.2, 0) is 15.0 Å². The van der Waals surface area contributed by atoms with E-state index in [-0.39, 0.29) is 18.9 Å². The molecular formula is C11H24N2O4S.